The van der Waals surface area contributed by atoms with E-state index in [9.17, 15) is 0 Å². The minimum atomic E-state index is 0.570. The van der Waals surface area contributed by atoms with Crippen LogP contribution in [0, 0.1) is 18.8 Å². The monoisotopic (exact) mass is 274 g/mol. The number of rotatable bonds is 1. The minimum Gasteiger partial charge on any atom is -0.352 e. The van der Waals surface area contributed by atoms with Gasteiger partial charge in [0.25, 0.3) is 0 Å². The Bertz CT molecular complexity index is 623. The molecule has 19 heavy (non-hydrogen) atoms. The molecule has 2 saturated heterocycles. The first kappa shape index (κ1) is 11.6. The lowest BCUT2D eigenvalue weighted by Crippen LogP contribution is -2.33. The predicted octanol–water partition coefficient (Wildman–Crippen LogP) is 2.04. The van der Waals surface area contributed by atoms with Gasteiger partial charge in [-0.15, -0.1) is 11.3 Å². The lowest BCUT2D eigenvalue weighted by Gasteiger charge is -2.25. The molecule has 2 aliphatic rings. The van der Waals surface area contributed by atoms with E-state index in [0.29, 0.717) is 6.04 Å². The quantitative estimate of drug-likeness (QED) is 0.864. The van der Waals surface area contributed by atoms with Gasteiger partial charge in [-0.05, 0) is 36.6 Å². The van der Waals surface area contributed by atoms with E-state index in [1.807, 2.05) is 0 Å². The number of hydrogen-bond donors (Lipinski definition) is 1. The van der Waals surface area contributed by atoms with Crippen LogP contribution in [0.2, 0.25) is 0 Å². The average molecular weight is 274 g/mol. The topological polar surface area (TPSA) is 41.0 Å². The molecule has 0 radical (unpaired) electrons. The van der Waals surface area contributed by atoms with Gasteiger partial charge in [-0.25, -0.2) is 9.97 Å². The summed E-state index contributed by atoms with van der Waals surface area (Å²) in [7, 11) is 0. The highest BCUT2D eigenvalue weighted by atomic mass is 32.1. The molecule has 5 heteroatoms. The zero-order chi connectivity index (χ0) is 13.0. The lowest BCUT2D eigenvalue weighted by molar-refractivity contribution is 0.471. The van der Waals surface area contributed by atoms with Gasteiger partial charge < -0.3 is 10.2 Å². The standard InChI is InChI=1S/C14H18N4S/c1-8-6-19-13-12(8)16-7-17-14(13)18-5-10-3-15-4-11(10)9(18)2/h6-7,9-11,15H,3-5H2,1-2H3. The van der Waals surface area contributed by atoms with Gasteiger partial charge in [0.15, 0.2) is 0 Å². The summed E-state index contributed by atoms with van der Waals surface area (Å²) in [6.45, 7) is 7.90. The van der Waals surface area contributed by atoms with Crippen LogP contribution in [0.5, 0.6) is 0 Å². The molecular weight excluding hydrogens is 256 g/mol. The van der Waals surface area contributed by atoms with Crippen molar-refractivity contribution in [3.63, 3.8) is 0 Å². The van der Waals surface area contributed by atoms with E-state index in [2.05, 4.69) is 39.4 Å². The highest BCUT2D eigenvalue weighted by Gasteiger charge is 2.42. The Hall–Kier alpha value is -1.20. The van der Waals surface area contributed by atoms with E-state index < -0.39 is 0 Å². The highest BCUT2D eigenvalue weighted by molar-refractivity contribution is 7.18. The number of nitrogens with one attached hydrogen (secondary N) is 1. The lowest BCUT2D eigenvalue weighted by atomic mass is 9.95. The third kappa shape index (κ3) is 1.61. The van der Waals surface area contributed by atoms with Gasteiger partial charge in [0.2, 0.25) is 0 Å². The summed E-state index contributed by atoms with van der Waals surface area (Å²) in [5.74, 6) is 2.69. The summed E-state index contributed by atoms with van der Waals surface area (Å²) in [5.41, 5.74) is 2.38. The summed E-state index contributed by atoms with van der Waals surface area (Å²) in [6.07, 6.45) is 1.72. The number of aromatic nitrogens is 2. The molecule has 0 bridgehead atoms. The van der Waals surface area contributed by atoms with Crippen molar-refractivity contribution in [3.05, 3.63) is 17.3 Å². The Kier molecular flexibility index (Phi) is 2.53. The second-order valence-electron chi connectivity index (χ2n) is 5.77. The molecule has 2 aliphatic heterocycles. The number of aryl methyl sites for hydroxylation is 1. The number of fused-ring (bicyclic) bond motifs is 2. The van der Waals surface area contributed by atoms with Crippen molar-refractivity contribution in [1.29, 1.82) is 0 Å². The average Bonchev–Trinajstić information content (AvgIpc) is 3.08. The fraction of sp³-hybridized carbons (Fsp3) is 0.571. The van der Waals surface area contributed by atoms with E-state index in [4.69, 9.17) is 0 Å². The smallest absolute Gasteiger partial charge is 0.150 e. The van der Waals surface area contributed by atoms with Crippen LogP contribution in [0.25, 0.3) is 10.2 Å². The number of nitrogens with zero attached hydrogens (tertiary/aromatic N) is 3. The van der Waals surface area contributed by atoms with Crippen molar-refractivity contribution in [3.8, 4) is 0 Å². The molecule has 2 aromatic rings. The summed E-state index contributed by atoms with van der Waals surface area (Å²) in [6, 6.07) is 0.570. The molecule has 4 rings (SSSR count). The molecule has 0 spiro atoms. The van der Waals surface area contributed by atoms with Crippen molar-refractivity contribution >= 4 is 27.4 Å². The SMILES string of the molecule is Cc1csc2c(N3CC4CNCC4C3C)ncnc12. The first-order valence-corrected chi connectivity index (χ1v) is 7.80. The Balaban J connectivity index is 1.79. The first-order valence-electron chi connectivity index (χ1n) is 6.92. The van der Waals surface area contributed by atoms with Gasteiger partial charge in [0, 0.05) is 25.7 Å². The first-order chi connectivity index (χ1) is 9.25. The normalized spacial score (nSPS) is 30.2. The molecule has 3 unspecified atom stereocenters. The molecule has 0 saturated carbocycles. The third-order valence-corrected chi connectivity index (χ3v) is 5.80. The second kappa shape index (κ2) is 4.15. The summed E-state index contributed by atoms with van der Waals surface area (Å²) in [5, 5.41) is 5.70. The molecule has 4 nitrogen and oxygen atoms in total. The van der Waals surface area contributed by atoms with Crippen molar-refractivity contribution in [2.75, 3.05) is 24.5 Å². The molecule has 4 heterocycles. The fourth-order valence-electron chi connectivity index (χ4n) is 3.61. The Labute approximate surface area is 116 Å². The van der Waals surface area contributed by atoms with Crippen LogP contribution in [0.15, 0.2) is 11.7 Å². The maximum Gasteiger partial charge on any atom is 0.150 e. The van der Waals surface area contributed by atoms with Crippen LogP contribution in [-0.2, 0) is 0 Å². The summed E-state index contributed by atoms with van der Waals surface area (Å²) < 4.78 is 1.25. The van der Waals surface area contributed by atoms with E-state index in [1.54, 1.807) is 17.7 Å². The second-order valence-corrected chi connectivity index (χ2v) is 6.65. The van der Waals surface area contributed by atoms with Gasteiger partial charge in [0.1, 0.15) is 12.1 Å². The molecule has 1 N–H and O–H groups in total. The van der Waals surface area contributed by atoms with Gasteiger partial charge in [0.05, 0.1) is 10.2 Å². The maximum absolute atomic E-state index is 4.58. The van der Waals surface area contributed by atoms with Crippen molar-refractivity contribution in [2.45, 2.75) is 19.9 Å². The summed E-state index contributed by atoms with van der Waals surface area (Å²) in [4.78, 5) is 11.5. The number of hydrogen-bond acceptors (Lipinski definition) is 5. The van der Waals surface area contributed by atoms with Gasteiger partial charge in [-0.3, -0.25) is 0 Å². The van der Waals surface area contributed by atoms with E-state index >= 15 is 0 Å². The largest absolute Gasteiger partial charge is 0.352 e. The van der Waals surface area contributed by atoms with E-state index in [0.717, 1.165) is 42.8 Å². The molecule has 0 aromatic carbocycles. The maximum atomic E-state index is 4.58. The van der Waals surface area contributed by atoms with Crippen LogP contribution in [0.4, 0.5) is 5.82 Å². The van der Waals surface area contributed by atoms with Crippen LogP contribution in [-0.4, -0.2) is 35.6 Å². The molecule has 100 valence electrons. The molecule has 3 atom stereocenters. The van der Waals surface area contributed by atoms with Crippen LogP contribution in [0.3, 0.4) is 0 Å². The zero-order valence-electron chi connectivity index (χ0n) is 11.3. The molecule has 2 aromatic heterocycles. The van der Waals surface area contributed by atoms with Crippen LogP contribution >= 0.6 is 11.3 Å². The van der Waals surface area contributed by atoms with Gasteiger partial charge in [-0.1, -0.05) is 0 Å². The van der Waals surface area contributed by atoms with Crippen molar-refractivity contribution in [1.82, 2.24) is 15.3 Å². The number of anilines is 1. The van der Waals surface area contributed by atoms with Gasteiger partial charge in [-0.2, -0.15) is 0 Å². The predicted molar refractivity (Wildman–Crippen MR) is 78.8 cm³/mol. The Morgan fingerprint density at radius 1 is 1.37 bits per heavy atom. The Morgan fingerprint density at radius 3 is 3.11 bits per heavy atom. The molecule has 0 amide bonds. The molecule has 2 fully saturated rings. The van der Waals surface area contributed by atoms with E-state index in [-0.39, 0.29) is 0 Å². The van der Waals surface area contributed by atoms with Gasteiger partial charge >= 0.3 is 0 Å². The zero-order valence-corrected chi connectivity index (χ0v) is 12.1. The van der Waals surface area contributed by atoms with Crippen molar-refractivity contribution < 1.29 is 0 Å². The summed E-state index contributed by atoms with van der Waals surface area (Å²) >= 11 is 1.78. The number of thiophene rings is 1. The third-order valence-electron chi connectivity index (χ3n) is 4.72. The van der Waals surface area contributed by atoms with Crippen molar-refractivity contribution in [2.24, 2.45) is 11.8 Å². The Morgan fingerprint density at radius 2 is 2.26 bits per heavy atom. The molecule has 0 aliphatic carbocycles. The minimum absolute atomic E-state index is 0.570. The fourth-order valence-corrected chi connectivity index (χ4v) is 4.62. The highest BCUT2D eigenvalue weighted by Crippen LogP contribution is 2.39. The van der Waals surface area contributed by atoms with E-state index in [1.165, 1.54) is 10.3 Å². The molecular formula is C14H18N4S. The van der Waals surface area contributed by atoms with Crippen LogP contribution < -0.4 is 10.2 Å². The van der Waals surface area contributed by atoms with Crippen LogP contribution in [0.1, 0.15) is 12.5 Å².